The Morgan fingerprint density at radius 3 is 2.12 bits per heavy atom. The molecule has 1 aliphatic heterocycles. The third-order valence-electron chi connectivity index (χ3n) is 4.00. The van der Waals surface area contributed by atoms with Gasteiger partial charge in [-0.15, -0.1) is 0 Å². The molecule has 1 amide bonds. The molecule has 24 heavy (non-hydrogen) atoms. The van der Waals surface area contributed by atoms with E-state index in [1.54, 1.807) is 12.1 Å². The average Bonchev–Trinajstić information content (AvgIpc) is 2.51. The second-order valence-corrected chi connectivity index (χ2v) is 9.26. The first-order valence-corrected chi connectivity index (χ1v) is 9.02. The van der Waals surface area contributed by atoms with E-state index in [1.165, 1.54) is 0 Å². The fraction of sp³-hybridized carbons (Fsp3) is 0.588. The van der Waals surface area contributed by atoms with Crippen LogP contribution in [0.5, 0.6) is 0 Å². The number of carbonyl (C=O) groups is 1. The number of rotatable bonds is 3. The Morgan fingerprint density at radius 2 is 1.67 bits per heavy atom. The first-order valence-electron chi connectivity index (χ1n) is 7.89. The molecule has 1 heterocycles. The van der Waals surface area contributed by atoms with Gasteiger partial charge >= 0.3 is 0 Å². The minimum absolute atomic E-state index is 0.0307. The molecule has 0 radical (unpaired) electrons. The first-order chi connectivity index (χ1) is 11.1. The van der Waals surface area contributed by atoms with E-state index in [1.807, 2.05) is 17.0 Å². The third kappa shape index (κ3) is 5.24. The topological polar surface area (TPSA) is 41.6 Å². The summed E-state index contributed by atoms with van der Waals surface area (Å²) in [6.45, 7) is 8.67. The molecule has 0 bridgehead atoms. The Kier molecular flexibility index (Phi) is 6.43. The van der Waals surface area contributed by atoms with Crippen LogP contribution in [0, 0.1) is 0 Å². The van der Waals surface area contributed by atoms with Crippen LogP contribution in [0.1, 0.15) is 36.7 Å². The van der Waals surface area contributed by atoms with Crippen molar-refractivity contribution in [3.63, 3.8) is 0 Å². The van der Waals surface area contributed by atoms with Gasteiger partial charge in [-0.05, 0) is 23.1 Å². The van der Waals surface area contributed by atoms with Gasteiger partial charge in [0.2, 0.25) is 3.79 Å². The van der Waals surface area contributed by atoms with E-state index in [0.717, 1.165) is 5.56 Å². The van der Waals surface area contributed by atoms with Gasteiger partial charge in [-0.25, -0.2) is 0 Å². The zero-order valence-electron chi connectivity index (χ0n) is 14.1. The van der Waals surface area contributed by atoms with Crippen molar-refractivity contribution in [1.29, 1.82) is 0 Å². The smallest absolute Gasteiger partial charge is 0.252 e. The highest BCUT2D eigenvalue weighted by Gasteiger charge is 2.39. The number of carbonyl (C=O) groups excluding carboxylic acids is 1. The maximum atomic E-state index is 12.6. The highest BCUT2D eigenvalue weighted by molar-refractivity contribution is 6.68. The third-order valence-corrected chi connectivity index (χ3v) is 4.62. The molecule has 0 aliphatic carbocycles. The number of nitrogens with one attached hydrogen (secondary N) is 1. The Morgan fingerprint density at radius 1 is 1.12 bits per heavy atom. The van der Waals surface area contributed by atoms with Gasteiger partial charge in [0.25, 0.3) is 5.91 Å². The second kappa shape index (κ2) is 7.79. The van der Waals surface area contributed by atoms with Gasteiger partial charge in [-0.1, -0.05) is 67.7 Å². The van der Waals surface area contributed by atoms with Crippen LogP contribution in [0.3, 0.4) is 0 Å². The van der Waals surface area contributed by atoms with Crippen LogP contribution >= 0.6 is 34.8 Å². The minimum atomic E-state index is -1.63. The molecule has 0 spiro atoms. The maximum absolute atomic E-state index is 12.6. The van der Waals surface area contributed by atoms with Crippen molar-refractivity contribution in [3.8, 4) is 0 Å². The molecule has 2 rings (SSSR count). The van der Waals surface area contributed by atoms with Gasteiger partial charge < -0.3 is 10.1 Å². The van der Waals surface area contributed by atoms with Crippen LogP contribution < -0.4 is 5.32 Å². The zero-order chi connectivity index (χ0) is 18.0. The van der Waals surface area contributed by atoms with Gasteiger partial charge in [0.15, 0.2) is 0 Å². The van der Waals surface area contributed by atoms with Crippen molar-refractivity contribution in [1.82, 2.24) is 10.2 Å². The summed E-state index contributed by atoms with van der Waals surface area (Å²) in [5.41, 5.74) is 1.73. The van der Waals surface area contributed by atoms with Crippen LogP contribution in [-0.4, -0.2) is 47.1 Å². The highest BCUT2D eigenvalue weighted by Crippen LogP contribution is 2.32. The normalized spacial score (nSPS) is 18.2. The molecule has 0 saturated carbocycles. The van der Waals surface area contributed by atoms with E-state index < -0.39 is 9.96 Å². The average molecular weight is 394 g/mol. The SMILES string of the molecule is CC(C)(C)c1ccc(C(=O)N[C@H](N2CCOCC2)C(Cl)(Cl)Cl)cc1. The quantitative estimate of drug-likeness (QED) is 0.795. The lowest BCUT2D eigenvalue weighted by atomic mass is 9.87. The summed E-state index contributed by atoms with van der Waals surface area (Å²) in [5, 5.41) is 2.84. The fourth-order valence-electron chi connectivity index (χ4n) is 2.54. The van der Waals surface area contributed by atoms with Gasteiger partial charge in [0, 0.05) is 18.7 Å². The molecular weight excluding hydrogens is 371 g/mol. The van der Waals surface area contributed by atoms with Crippen molar-refractivity contribution < 1.29 is 9.53 Å². The number of benzene rings is 1. The van der Waals surface area contributed by atoms with Gasteiger partial charge in [0.05, 0.1) is 13.2 Å². The van der Waals surface area contributed by atoms with Gasteiger partial charge in [0.1, 0.15) is 6.17 Å². The van der Waals surface area contributed by atoms with Crippen molar-refractivity contribution in [2.75, 3.05) is 26.3 Å². The predicted molar refractivity (Wildman–Crippen MR) is 99.1 cm³/mol. The van der Waals surface area contributed by atoms with Crippen LogP contribution in [0.4, 0.5) is 0 Å². The molecule has 1 aromatic carbocycles. The lowest BCUT2D eigenvalue weighted by Crippen LogP contribution is -2.58. The molecule has 0 aromatic heterocycles. The summed E-state index contributed by atoms with van der Waals surface area (Å²) >= 11 is 18.2. The van der Waals surface area contributed by atoms with Crippen LogP contribution in [-0.2, 0) is 10.2 Å². The Labute approximate surface area is 158 Å². The lowest BCUT2D eigenvalue weighted by molar-refractivity contribution is 0.00996. The highest BCUT2D eigenvalue weighted by atomic mass is 35.6. The number of ether oxygens (including phenoxy) is 1. The Hall–Kier alpha value is -0.520. The van der Waals surface area contributed by atoms with Crippen LogP contribution in [0.25, 0.3) is 0 Å². The summed E-state index contributed by atoms with van der Waals surface area (Å²) in [7, 11) is 0. The number of hydrogen-bond acceptors (Lipinski definition) is 3. The summed E-state index contributed by atoms with van der Waals surface area (Å²) in [4.78, 5) is 14.5. The van der Waals surface area contributed by atoms with E-state index in [4.69, 9.17) is 39.5 Å². The monoisotopic (exact) mass is 392 g/mol. The molecule has 1 aromatic rings. The molecule has 134 valence electrons. The number of nitrogens with zero attached hydrogens (tertiary/aromatic N) is 1. The Balaban J connectivity index is 2.12. The molecule has 1 fully saturated rings. The minimum Gasteiger partial charge on any atom is -0.379 e. The zero-order valence-corrected chi connectivity index (χ0v) is 16.4. The predicted octanol–water partition coefficient (Wildman–Crippen LogP) is 3.74. The van der Waals surface area contributed by atoms with E-state index in [-0.39, 0.29) is 11.3 Å². The number of hydrogen-bond donors (Lipinski definition) is 1. The van der Waals surface area contributed by atoms with Crippen LogP contribution in [0.15, 0.2) is 24.3 Å². The standard InChI is InChI=1S/C17H23Cl3N2O2/c1-16(2,3)13-6-4-12(5-7-13)14(23)21-15(17(18,19)20)22-8-10-24-11-9-22/h4-7,15H,8-11H2,1-3H3,(H,21,23)/t15-/m1/s1. The molecule has 1 aliphatic rings. The van der Waals surface area contributed by atoms with E-state index in [0.29, 0.717) is 31.9 Å². The fourth-order valence-corrected chi connectivity index (χ4v) is 3.12. The molecule has 0 unspecified atom stereocenters. The van der Waals surface area contributed by atoms with Crippen molar-refractivity contribution in [2.24, 2.45) is 0 Å². The lowest BCUT2D eigenvalue weighted by Gasteiger charge is -2.38. The van der Waals surface area contributed by atoms with Crippen molar-refractivity contribution in [2.45, 2.75) is 36.1 Å². The van der Waals surface area contributed by atoms with Crippen molar-refractivity contribution >= 4 is 40.7 Å². The number of amides is 1. The summed E-state index contributed by atoms with van der Waals surface area (Å²) in [6.07, 6.45) is -0.707. The molecule has 1 N–H and O–H groups in total. The summed E-state index contributed by atoms with van der Waals surface area (Å²) < 4.78 is 3.69. The number of halogens is 3. The van der Waals surface area contributed by atoms with Gasteiger partial charge in [-0.2, -0.15) is 0 Å². The van der Waals surface area contributed by atoms with E-state index in [2.05, 4.69) is 26.1 Å². The van der Waals surface area contributed by atoms with Gasteiger partial charge in [-0.3, -0.25) is 9.69 Å². The molecule has 4 nitrogen and oxygen atoms in total. The largest absolute Gasteiger partial charge is 0.379 e. The van der Waals surface area contributed by atoms with Crippen LogP contribution in [0.2, 0.25) is 0 Å². The molecule has 7 heteroatoms. The second-order valence-electron chi connectivity index (χ2n) is 6.89. The van der Waals surface area contributed by atoms with E-state index in [9.17, 15) is 4.79 Å². The number of morpholine rings is 1. The van der Waals surface area contributed by atoms with Crippen molar-refractivity contribution in [3.05, 3.63) is 35.4 Å². The number of alkyl halides is 3. The summed E-state index contributed by atoms with van der Waals surface area (Å²) in [5.74, 6) is -0.265. The molecule has 1 saturated heterocycles. The Bertz CT molecular complexity index is 559. The first kappa shape index (κ1) is 19.8. The molecule has 1 atom stereocenters. The summed E-state index contributed by atoms with van der Waals surface area (Å²) in [6, 6.07) is 7.50. The molecular formula is C17H23Cl3N2O2. The maximum Gasteiger partial charge on any atom is 0.252 e. The van der Waals surface area contributed by atoms with E-state index >= 15 is 0 Å².